The Morgan fingerprint density at radius 3 is 2.63 bits per heavy atom. The highest BCUT2D eigenvalue weighted by Gasteiger charge is 2.12. The molecule has 0 aliphatic carbocycles. The third-order valence-corrected chi connectivity index (χ3v) is 2.47. The average Bonchev–Trinajstić information content (AvgIpc) is 2.33. The van der Waals surface area contributed by atoms with E-state index in [1.54, 1.807) is 18.2 Å². The smallest absolute Gasteiger partial charge is 0.243 e. The Labute approximate surface area is 113 Å². The normalized spacial score (nSPS) is 13.5. The summed E-state index contributed by atoms with van der Waals surface area (Å²) in [5.74, 6) is -0.778. The number of nitrogens with one attached hydrogen (secondary N) is 1. The lowest BCUT2D eigenvalue weighted by Gasteiger charge is -2.13. The molecule has 1 amide bonds. The van der Waals surface area contributed by atoms with E-state index in [2.05, 4.69) is 5.32 Å². The molecule has 0 radical (unpaired) electrons. The fraction of sp³-hybridized carbons (Fsp3) is 0.400. The van der Waals surface area contributed by atoms with Gasteiger partial charge in [-0.2, -0.15) is 0 Å². The Morgan fingerprint density at radius 2 is 2.05 bits per heavy atom. The minimum absolute atomic E-state index is 0.0196. The number of amides is 1. The van der Waals surface area contributed by atoms with E-state index in [1.165, 1.54) is 18.2 Å². The van der Waals surface area contributed by atoms with Crippen LogP contribution < -0.4 is 5.32 Å². The zero-order valence-electron chi connectivity index (χ0n) is 11.5. The molecule has 0 aromatic heterocycles. The molecule has 3 nitrogen and oxygen atoms in total. The van der Waals surface area contributed by atoms with E-state index in [0.29, 0.717) is 0 Å². The van der Waals surface area contributed by atoms with Crippen LogP contribution in [0.1, 0.15) is 32.4 Å². The number of benzene rings is 1. The molecule has 0 saturated carbocycles. The van der Waals surface area contributed by atoms with Crippen LogP contribution in [0.2, 0.25) is 0 Å². The summed E-state index contributed by atoms with van der Waals surface area (Å²) in [6, 6.07) is 5.97. The largest absolute Gasteiger partial charge is 0.386 e. The summed E-state index contributed by atoms with van der Waals surface area (Å²) in [5, 5.41) is 12.3. The zero-order valence-corrected chi connectivity index (χ0v) is 11.5. The molecule has 0 heterocycles. The third kappa shape index (κ3) is 5.66. The Bertz CT molecular complexity index is 463. The molecule has 1 aromatic rings. The van der Waals surface area contributed by atoms with Crippen molar-refractivity contribution in [2.75, 3.05) is 6.54 Å². The average molecular weight is 265 g/mol. The molecule has 0 aliphatic heterocycles. The van der Waals surface area contributed by atoms with Gasteiger partial charge < -0.3 is 10.4 Å². The first-order valence-corrected chi connectivity index (χ1v) is 6.19. The molecule has 1 unspecified atom stereocenters. The number of hydrogen-bond donors (Lipinski definition) is 2. The van der Waals surface area contributed by atoms with Crippen molar-refractivity contribution in [2.24, 2.45) is 5.41 Å². The van der Waals surface area contributed by atoms with Gasteiger partial charge in [-0.3, -0.25) is 4.79 Å². The molecule has 2 N–H and O–H groups in total. The third-order valence-electron chi connectivity index (χ3n) is 2.47. The lowest BCUT2D eigenvalue weighted by Crippen LogP contribution is -2.27. The molecule has 104 valence electrons. The number of carbonyl (C=O) groups is 1. The minimum Gasteiger partial charge on any atom is -0.386 e. The van der Waals surface area contributed by atoms with Crippen molar-refractivity contribution in [3.05, 3.63) is 47.8 Å². The Morgan fingerprint density at radius 1 is 1.42 bits per heavy atom. The van der Waals surface area contributed by atoms with Gasteiger partial charge in [0.1, 0.15) is 5.82 Å². The van der Waals surface area contributed by atoms with Crippen molar-refractivity contribution < 1.29 is 14.3 Å². The van der Waals surface area contributed by atoms with Crippen LogP contribution in [0, 0.1) is 11.2 Å². The minimum atomic E-state index is -1.05. The van der Waals surface area contributed by atoms with Gasteiger partial charge in [-0.05, 0) is 17.6 Å². The SMILES string of the molecule is CC(C)(C)/C=C/C(=O)NCC(O)c1ccccc1F. The topological polar surface area (TPSA) is 49.3 Å². The molecule has 0 aliphatic rings. The van der Waals surface area contributed by atoms with Gasteiger partial charge in [0, 0.05) is 12.1 Å². The van der Waals surface area contributed by atoms with Gasteiger partial charge in [0.05, 0.1) is 6.10 Å². The quantitative estimate of drug-likeness (QED) is 0.822. The van der Waals surface area contributed by atoms with E-state index in [4.69, 9.17) is 0 Å². The Hall–Kier alpha value is -1.68. The monoisotopic (exact) mass is 265 g/mol. The number of allylic oxidation sites excluding steroid dienone is 1. The summed E-state index contributed by atoms with van der Waals surface area (Å²) >= 11 is 0. The highest BCUT2D eigenvalue weighted by atomic mass is 19.1. The van der Waals surface area contributed by atoms with Crippen molar-refractivity contribution in [3.63, 3.8) is 0 Å². The van der Waals surface area contributed by atoms with Crippen LogP contribution in [-0.4, -0.2) is 17.6 Å². The maximum atomic E-state index is 13.4. The van der Waals surface area contributed by atoms with Gasteiger partial charge >= 0.3 is 0 Å². The molecule has 19 heavy (non-hydrogen) atoms. The van der Waals surface area contributed by atoms with Crippen molar-refractivity contribution in [2.45, 2.75) is 26.9 Å². The number of halogens is 1. The zero-order chi connectivity index (χ0) is 14.5. The summed E-state index contributed by atoms with van der Waals surface area (Å²) < 4.78 is 13.4. The van der Waals surface area contributed by atoms with Gasteiger partial charge in [-0.25, -0.2) is 4.39 Å². The number of carbonyl (C=O) groups excluding carboxylic acids is 1. The van der Waals surface area contributed by atoms with E-state index < -0.39 is 11.9 Å². The number of aliphatic hydroxyl groups is 1. The van der Waals surface area contributed by atoms with Crippen molar-refractivity contribution in [1.29, 1.82) is 0 Å². The van der Waals surface area contributed by atoms with Crippen LogP contribution in [0.3, 0.4) is 0 Å². The van der Waals surface area contributed by atoms with E-state index in [1.807, 2.05) is 20.8 Å². The van der Waals surface area contributed by atoms with Crippen molar-refractivity contribution in [1.82, 2.24) is 5.32 Å². The first-order chi connectivity index (χ1) is 8.79. The first-order valence-electron chi connectivity index (χ1n) is 6.19. The maximum absolute atomic E-state index is 13.4. The van der Waals surface area contributed by atoms with Crippen LogP contribution in [0.5, 0.6) is 0 Å². The fourth-order valence-electron chi connectivity index (χ4n) is 1.44. The molecular weight excluding hydrogens is 245 g/mol. The van der Waals surface area contributed by atoms with Crippen molar-refractivity contribution in [3.8, 4) is 0 Å². The summed E-state index contributed by atoms with van der Waals surface area (Å²) in [6.07, 6.45) is 2.15. The Balaban J connectivity index is 2.51. The molecule has 0 saturated heterocycles. The van der Waals surface area contributed by atoms with E-state index in [9.17, 15) is 14.3 Å². The molecule has 1 atom stereocenters. The fourth-order valence-corrected chi connectivity index (χ4v) is 1.44. The molecule has 0 bridgehead atoms. The summed E-state index contributed by atoms with van der Waals surface area (Å²) in [4.78, 5) is 11.5. The summed E-state index contributed by atoms with van der Waals surface area (Å²) in [6.45, 7) is 5.91. The lowest BCUT2D eigenvalue weighted by molar-refractivity contribution is -0.117. The second-order valence-electron chi connectivity index (χ2n) is 5.48. The lowest BCUT2D eigenvalue weighted by atomic mass is 9.96. The number of aliphatic hydroxyl groups excluding tert-OH is 1. The highest BCUT2D eigenvalue weighted by molar-refractivity contribution is 5.87. The van der Waals surface area contributed by atoms with Crippen molar-refractivity contribution >= 4 is 5.91 Å². The number of rotatable bonds is 4. The molecule has 1 rings (SSSR count). The van der Waals surface area contributed by atoms with Crippen LogP contribution in [-0.2, 0) is 4.79 Å². The van der Waals surface area contributed by atoms with Gasteiger partial charge in [0.25, 0.3) is 0 Å². The molecule has 4 heteroatoms. The van der Waals surface area contributed by atoms with Crippen LogP contribution in [0.15, 0.2) is 36.4 Å². The van der Waals surface area contributed by atoms with Gasteiger partial charge in [-0.15, -0.1) is 0 Å². The Kier molecular flexibility index (Phi) is 5.24. The maximum Gasteiger partial charge on any atom is 0.243 e. The molecule has 0 spiro atoms. The van der Waals surface area contributed by atoms with Crippen LogP contribution >= 0.6 is 0 Å². The standard InChI is InChI=1S/C15H20FNO2/c1-15(2,3)9-8-14(19)17-10-13(18)11-6-4-5-7-12(11)16/h4-9,13,18H,10H2,1-3H3,(H,17,19)/b9-8+. The predicted octanol–water partition coefficient (Wildman–Crippen LogP) is 2.58. The summed E-state index contributed by atoms with van der Waals surface area (Å²) in [5.41, 5.74) is 0.101. The van der Waals surface area contributed by atoms with E-state index >= 15 is 0 Å². The van der Waals surface area contributed by atoms with Crippen LogP contribution in [0.25, 0.3) is 0 Å². The molecular formula is C15H20FNO2. The number of hydrogen-bond acceptors (Lipinski definition) is 2. The second-order valence-corrected chi connectivity index (χ2v) is 5.48. The first kappa shape index (κ1) is 15.4. The highest BCUT2D eigenvalue weighted by Crippen LogP contribution is 2.16. The molecule has 1 aromatic carbocycles. The second kappa shape index (κ2) is 6.48. The molecule has 0 fully saturated rings. The predicted molar refractivity (Wildman–Crippen MR) is 73.0 cm³/mol. The van der Waals surface area contributed by atoms with E-state index in [-0.39, 0.29) is 23.4 Å². The van der Waals surface area contributed by atoms with Gasteiger partial charge in [0.15, 0.2) is 0 Å². The van der Waals surface area contributed by atoms with E-state index in [0.717, 1.165) is 0 Å². The summed E-state index contributed by atoms with van der Waals surface area (Å²) in [7, 11) is 0. The van der Waals surface area contributed by atoms with Crippen LogP contribution in [0.4, 0.5) is 4.39 Å². The van der Waals surface area contributed by atoms with Gasteiger partial charge in [0.2, 0.25) is 5.91 Å². The van der Waals surface area contributed by atoms with Gasteiger partial charge in [-0.1, -0.05) is 45.0 Å².